The van der Waals surface area contributed by atoms with Crippen molar-refractivity contribution in [3.8, 4) is 0 Å². The van der Waals surface area contributed by atoms with E-state index < -0.39 is 11.6 Å². The second-order valence-corrected chi connectivity index (χ2v) is 7.47. The Kier molecular flexibility index (Phi) is 5.45. The molecular weight excluding hydrogens is 339 g/mol. The van der Waals surface area contributed by atoms with Gasteiger partial charge in [0.1, 0.15) is 6.17 Å². The Balaban J connectivity index is 1.62. The molecule has 1 saturated carbocycles. The summed E-state index contributed by atoms with van der Waals surface area (Å²) in [5, 5.41) is 6.36. The number of nitrogen functional groups attached to an aromatic ring is 1. The minimum absolute atomic E-state index is 0.0818. The Morgan fingerprint density at radius 3 is 2.73 bits per heavy atom. The fourth-order valence-corrected chi connectivity index (χ4v) is 3.45. The largest absolute Gasteiger partial charge is 0.394 e. The van der Waals surface area contributed by atoms with Gasteiger partial charge in [0.05, 0.1) is 24.5 Å². The smallest absolute Gasteiger partial charge is 0.225 e. The lowest BCUT2D eigenvalue weighted by Gasteiger charge is -2.35. The Morgan fingerprint density at radius 1 is 1.35 bits per heavy atom. The number of primary amides is 1. The number of aromatic nitrogens is 2. The van der Waals surface area contributed by atoms with Gasteiger partial charge in [0.2, 0.25) is 11.9 Å². The molecule has 8 nitrogen and oxygen atoms in total. The Hall–Kier alpha value is -2.16. The number of hydrogen-bond acceptors (Lipinski definition) is 7. The van der Waals surface area contributed by atoms with Crippen molar-refractivity contribution in [2.75, 3.05) is 29.6 Å². The number of alkyl halides is 1. The van der Waals surface area contributed by atoms with Gasteiger partial charge in [-0.2, -0.15) is 4.98 Å². The maximum atomic E-state index is 13.9. The van der Waals surface area contributed by atoms with E-state index in [1.807, 2.05) is 6.92 Å². The van der Waals surface area contributed by atoms with Crippen LogP contribution in [0.2, 0.25) is 0 Å². The number of nitrogens with zero attached hydrogens (tertiary/aromatic N) is 2. The van der Waals surface area contributed by atoms with Crippen LogP contribution in [0.1, 0.15) is 39.0 Å². The van der Waals surface area contributed by atoms with Crippen molar-refractivity contribution in [2.45, 2.75) is 57.3 Å². The van der Waals surface area contributed by atoms with Crippen LogP contribution in [0.15, 0.2) is 6.20 Å². The highest BCUT2D eigenvalue weighted by molar-refractivity contribution is 5.80. The highest BCUT2D eigenvalue weighted by atomic mass is 19.1. The first kappa shape index (κ1) is 18.6. The van der Waals surface area contributed by atoms with Gasteiger partial charge >= 0.3 is 0 Å². The van der Waals surface area contributed by atoms with E-state index in [1.165, 1.54) is 6.20 Å². The third-order valence-corrected chi connectivity index (χ3v) is 5.44. The number of hydrogen-bond donors (Lipinski definition) is 4. The summed E-state index contributed by atoms with van der Waals surface area (Å²) in [5.41, 5.74) is 11.5. The molecule has 1 aliphatic carbocycles. The molecule has 144 valence electrons. The van der Waals surface area contributed by atoms with Crippen LogP contribution in [0.5, 0.6) is 0 Å². The van der Waals surface area contributed by atoms with Gasteiger partial charge in [0, 0.05) is 18.1 Å². The van der Waals surface area contributed by atoms with Gasteiger partial charge in [0.25, 0.3) is 0 Å². The van der Waals surface area contributed by atoms with E-state index in [1.54, 1.807) is 0 Å². The SMILES string of the molecule is C[C@]1(C(N)=O)CC[C@H](Nc2nc(N[C@H]3CCOC[C@H]3F)ncc2N)CC1. The number of nitrogens with one attached hydrogen (secondary N) is 2. The molecule has 26 heavy (non-hydrogen) atoms. The van der Waals surface area contributed by atoms with Crippen molar-refractivity contribution in [3.63, 3.8) is 0 Å². The topological polar surface area (TPSA) is 128 Å². The van der Waals surface area contributed by atoms with Crippen molar-refractivity contribution in [2.24, 2.45) is 11.1 Å². The van der Waals surface area contributed by atoms with Crippen molar-refractivity contribution in [1.29, 1.82) is 0 Å². The average Bonchev–Trinajstić information content (AvgIpc) is 2.62. The van der Waals surface area contributed by atoms with Gasteiger partial charge in [-0.3, -0.25) is 4.79 Å². The third-order valence-electron chi connectivity index (χ3n) is 5.44. The summed E-state index contributed by atoms with van der Waals surface area (Å²) in [5.74, 6) is 0.618. The van der Waals surface area contributed by atoms with E-state index in [2.05, 4.69) is 20.6 Å². The zero-order valence-corrected chi connectivity index (χ0v) is 15.0. The molecule has 1 amide bonds. The van der Waals surface area contributed by atoms with Crippen LogP contribution in [-0.2, 0) is 9.53 Å². The summed E-state index contributed by atoms with van der Waals surface area (Å²) in [6.45, 7) is 2.51. The van der Waals surface area contributed by atoms with Crippen LogP contribution >= 0.6 is 0 Å². The number of halogens is 1. The molecule has 0 bridgehead atoms. The van der Waals surface area contributed by atoms with Crippen molar-refractivity contribution in [1.82, 2.24) is 9.97 Å². The number of amides is 1. The number of nitrogens with two attached hydrogens (primary N) is 2. The second kappa shape index (κ2) is 7.61. The fraction of sp³-hybridized carbons (Fsp3) is 0.706. The van der Waals surface area contributed by atoms with E-state index in [4.69, 9.17) is 16.2 Å². The quantitative estimate of drug-likeness (QED) is 0.621. The molecule has 9 heteroatoms. The molecule has 3 rings (SSSR count). The zero-order chi connectivity index (χ0) is 18.7. The molecule has 2 aliphatic rings. The van der Waals surface area contributed by atoms with Gasteiger partial charge in [-0.05, 0) is 32.1 Å². The van der Waals surface area contributed by atoms with Gasteiger partial charge in [-0.25, -0.2) is 9.37 Å². The lowest BCUT2D eigenvalue weighted by atomic mass is 9.73. The molecule has 2 fully saturated rings. The van der Waals surface area contributed by atoms with Crippen LogP contribution < -0.4 is 22.1 Å². The van der Waals surface area contributed by atoms with Gasteiger partial charge in [-0.15, -0.1) is 0 Å². The average molecular weight is 366 g/mol. The minimum Gasteiger partial charge on any atom is -0.394 e. The number of anilines is 3. The first-order valence-corrected chi connectivity index (χ1v) is 9.05. The fourth-order valence-electron chi connectivity index (χ4n) is 3.45. The maximum absolute atomic E-state index is 13.9. The summed E-state index contributed by atoms with van der Waals surface area (Å²) in [6.07, 6.45) is 4.04. The Morgan fingerprint density at radius 2 is 2.08 bits per heavy atom. The van der Waals surface area contributed by atoms with E-state index in [0.29, 0.717) is 30.5 Å². The van der Waals surface area contributed by atoms with E-state index in [-0.39, 0.29) is 24.6 Å². The molecule has 0 unspecified atom stereocenters. The van der Waals surface area contributed by atoms with Crippen molar-refractivity contribution >= 4 is 23.4 Å². The zero-order valence-electron chi connectivity index (χ0n) is 15.0. The van der Waals surface area contributed by atoms with E-state index in [0.717, 1.165) is 25.7 Å². The lowest BCUT2D eigenvalue weighted by Crippen LogP contribution is -2.41. The van der Waals surface area contributed by atoms with Crippen molar-refractivity contribution < 1.29 is 13.9 Å². The summed E-state index contributed by atoms with van der Waals surface area (Å²) in [4.78, 5) is 20.1. The van der Waals surface area contributed by atoms with Crippen LogP contribution in [0.4, 0.5) is 21.8 Å². The number of carbonyl (C=O) groups excluding carboxylic acids is 1. The molecule has 0 aromatic carbocycles. The lowest BCUT2D eigenvalue weighted by molar-refractivity contribution is -0.128. The Bertz CT molecular complexity index is 650. The summed E-state index contributed by atoms with van der Waals surface area (Å²) >= 11 is 0. The maximum Gasteiger partial charge on any atom is 0.225 e. The van der Waals surface area contributed by atoms with Crippen LogP contribution in [0.25, 0.3) is 0 Å². The van der Waals surface area contributed by atoms with E-state index in [9.17, 15) is 9.18 Å². The molecule has 2 atom stereocenters. The number of carbonyl (C=O) groups is 1. The number of rotatable bonds is 5. The first-order valence-electron chi connectivity index (χ1n) is 9.05. The number of ether oxygens (including phenoxy) is 1. The summed E-state index contributed by atoms with van der Waals surface area (Å²) < 4.78 is 19.0. The molecule has 1 aromatic rings. The van der Waals surface area contributed by atoms with Crippen molar-refractivity contribution in [3.05, 3.63) is 6.20 Å². The Labute approximate surface area is 152 Å². The molecule has 1 aliphatic heterocycles. The molecular formula is C17H27FN6O2. The normalized spacial score (nSPS) is 32.0. The first-order chi connectivity index (χ1) is 12.4. The minimum atomic E-state index is -1.09. The van der Waals surface area contributed by atoms with Gasteiger partial charge in [0.15, 0.2) is 5.82 Å². The van der Waals surface area contributed by atoms with E-state index >= 15 is 0 Å². The summed E-state index contributed by atoms with van der Waals surface area (Å²) in [6, 6.07) is -0.212. The highest BCUT2D eigenvalue weighted by Crippen LogP contribution is 2.36. The second-order valence-electron chi connectivity index (χ2n) is 7.47. The standard InChI is InChI=1S/C17H27FN6O2/c1-17(15(20)25)5-2-10(3-6-17)22-14-12(19)8-21-16(24-14)23-13-4-7-26-9-11(13)18/h8,10-11,13H,2-7,9,19H2,1H3,(H2,20,25)(H2,21,22,23,24)/t10-,11-,13+,17-/m1/s1. The van der Waals surface area contributed by atoms with Gasteiger partial charge in [-0.1, -0.05) is 6.92 Å². The van der Waals surface area contributed by atoms with Crippen LogP contribution in [0.3, 0.4) is 0 Å². The highest BCUT2D eigenvalue weighted by Gasteiger charge is 2.36. The van der Waals surface area contributed by atoms with Crippen LogP contribution in [0, 0.1) is 5.41 Å². The predicted molar refractivity (Wildman–Crippen MR) is 97.4 cm³/mol. The van der Waals surface area contributed by atoms with Crippen LogP contribution in [-0.4, -0.2) is 47.3 Å². The van der Waals surface area contributed by atoms with Gasteiger partial charge < -0.3 is 26.8 Å². The monoisotopic (exact) mass is 366 g/mol. The molecule has 1 aromatic heterocycles. The summed E-state index contributed by atoms with van der Waals surface area (Å²) in [7, 11) is 0. The molecule has 0 spiro atoms. The third kappa shape index (κ3) is 4.14. The molecule has 0 radical (unpaired) electrons. The predicted octanol–water partition coefficient (Wildman–Crippen LogP) is 1.44. The molecule has 1 saturated heterocycles. The molecule has 6 N–H and O–H groups in total. The molecule has 2 heterocycles.